The molecule has 8 heteroatoms. The maximum atomic E-state index is 13.3. The van der Waals surface area contributed by atoms with E-state index in [1.54, 1.807) is 7.05 Å². The molecule has 0 saturated carbocycles. The van der Waals surface area contributed by atoms with Crippen molar-refractivity contribution in [2.24, 2.45) is 13.0 Å². The molecule has 0 spiro atoms. The van der Waals surface area contributed by atoms with E-state index in [2.05, 4.69) is 11.8 Å². The van der Waals surface area contributed by atoms with Crippen LogP contribution in [0.3, 0.4) is 0 Å². The van der Waals surface area contributed by atoms with E-state index in [0.29, 0.717) is 42.7 Å². The van der Waals surface area contributed by atoms with Crippen molar-refractivity contribution in [1.29, 1.82) is 0 Å². The van der Waals surface area contributed by atoms with Crippen LogP contribution in [-0.4, -0.2) is 31.8 Å². The molecule has 0 amide bonds. The van der Waals surface area contributed by atoms with Crippen LogP contribution in [-0.2, 0) is 20.1 Å². The van der Waals surface area contributed by atoms with Crippen molar-refractivity contribution in [2.75, 3.05) is 18.1 Å². The van der Waals surface area contributed by atoms with Crippen molar-refractivity contribution in [3.63, 3.8) is 0 Å². The van der Waals surface area contributed by atoms with Crippen molar-refractivity contribution in [2.45, 2.75) is 46.7 Å². The third-order valence-electron chi connectivity index (χ3n) is 5.64. The van der Waals surface area contributed by atoms with Gasteiger partial charge in [0.25, 0.3) is 5.56 Å². The second-order valence-electron chi connectivity index (χ2n) is 7.99. The van der Waals surface area contributed by atoms with Gasteiger partial charge in [0.1, 0.15) is 5.75 Å². The molecule has 8 nitrogen and oxygen atoms in total. The molecule has 0 aliphatic carbocycles. The summed E-state index contributed by atoms with van der Waals surface area (Å²) < 4.78 is 10.4. The first-order chi connectivity index (χ1) is 14.5. The number of nitrogens with zero attached hydrogens (tertiary/aromatic N) is 5. The Hall–Kier alpha value is -3.03. The average Bonchev–Trinajstić information content (AvgIpc) is 3.12. The normalized spacial score (nSPS) is 16.1. The Morgan fingerprint density at radius 1 is 1.13 bits per heavy atom. The number of fused-ring (bicyclic) bond motifs is 3. The third-order valence-corrected chi connectivity index (χ3v) is 5.64. The summed E-state index contributed by atoms with van der Waals surface area (Å²) in [7, 11) is 1.69. The van der Waals surface area contributed by atoms with Crippen LogP contribution in [0.4, 0.5) is 11.6 Å². The maximum absolute atomic E-state index is 13.3. The fraction of sp³-hybridized carbons (Fsp3) is 0.500. The van der Waals surface area contributed by atoms with E-state index in [4.69, 9.17) is 9.72 Å². The molecule has 3 aromatic rings. The van der Waals surface area contributed by atoms with Gasteiger partial charge < -0.3 is 14.2 Å². The highest BCUT2D eigenvalue weighted by molar-refractivity contribution is 5.77. The standard InChI is InChI=1S/C22H29N5O3/c1-5-7-12-25-20(28)18-19(24(4)22(25)29)23-21-26(13-15(3)14-27(18)21)16-8-10-17(11-9-16)30-6-2/h8-11,15H,5-7,12-14H2,1-4H3/t15-/m1/s1. The van der Waals surface area contributed by atoms with Gasteiger partial charge in [0.2, 0.25) is 5.95 Å². The molecule has 0 bridgehead atoms. The summed E-state index contributed by atoms with van der Waals surface area (Å²) in [5.41, 5.74) is 1.37. The lowest BCUT2D eigenvalue weighted by molar-refractivity contribution is 0.340. The quantitative estimate of drug-likeness (QED) is 0.624. The molecular weight excluding hydrogens is 382 g/mol. The van der Waals surface area contributed by atoms with Gasteiger partial charge in [-0.2, -0.15) is 4.98 Å². The average molecular weight is 412 g/mol. The van der Waals surface area contributed by atoms with Gasteiger partial charge in [0, 0.05) is 32.4 Å². The van der Waals surface area contributed by atoms with Crippen molar-refractivity contribution >= 4 is 22.8 Å². The van der Waals surface area contributed by atoms with E-state index in [0.717, 1.165) is 30.8 Å². The highest BCUT2D eigenvalue weighted by Gasteiger charge is 2.29. The lowest BCUT2D eigenvalue weighted by Gasteiger charge is -2.33. The number of hydrogen-bond acceptors (Lipinski definition) is 5. The van der Waals surface area contributed by atoms with Crippen LogP contribution >= 0.6 is 0 Å². The Bertz CT molecular complexity index is 1170. The summed E-state index contributed by atoms with van der Waals surface area (Å²) in [5.74, 6) is 1.84. The maximum Gasteiger partial charge on any atom is 0.332 e. The van der Waals surface area contributed by atoms with Crippen LogP contribution < -0.4 is 20.9 Å². The fourth-order valence-electron chi connectivity index (χ4n) is 4.13. The Morgan fingerprint density at radius 2 is 1.87 bits per heavy atom. The minimum Gasteiger partial charge on any atom is -0.494 e. The van der Waals surface area contributed by atoms with E-state index in [-0.39, 0.29) is 11.2 Å². The van der Waals surface area contributed by atoms with Crippen LogP contribution in [0.1, 0.15) is 33.6 Å². The number of imidazole rings is 1. The Kier molecular flexibility index (Phi) is 5.40. The molecular formula is C22H29N5O3. The molecule has 1 aliphatic rings. The summed E-state index contributed by atoms with van der Waals surface area (Å²) >= 11 is 0. The lowest BCUT2D eigenvalue weighted by atomic mass is 10.1. The Labute approximate surface area is 175 Å². The molecule has 30 heavy (non-hydrogen) atoms. The van der Waals surface area contributed by atoms with Gasteiger partial charge in [-0.15, -0.1) is 0 Å². The van der Waals surface area contributed by atoms with Gasteiger partial charge in [-0.05, 0) is 43.5 Å². The first-order valence-electron chi connectivity index (χ1n) is 10.7. The second kappa shape index (κ2) is 8.01. The van der Waals surface area contributed by atoms with Crippen LogP contribution in [0.5, 0.6) is 5.75 Å². The van der Waals surface area contributed by atoms with E-state index >= 15 is 0 Å². The van der Waals surface area contributed by atoms with E-state index in [1.165, 1.54) is 9.13 Å². The number of anilines is 2. The summed E-state index contributed by atoms with van der Waals surface area (Å²) in [5, 5.41) is 0. The third kappa shape index (κ3) is 3.30. The SMILES string of the molecule is CCCCn1c(=O)c2c(nc3n2C[C@H](C)CN3c2ccc(OCC)cc2)n(C)c1=O. The molecule has 160 valence electrons. The number of benzene rings is 1. The number of rotatable bonds is 6. The van der Waals surface area contributed by atoms with E-state index in [1.807, 2.05) is 42.7 Å². The summed E-state index contributed by atoms with van der Waals surface area (Å²) in [4.78, 5) is 32.9. The molecule has 1 aliphatic heterocycles. The van der Waals surface area contributed by atoms with Crippen molar-refractivity contribution in [3.05, 3.63) is 45.1 Å². The molecule has 0 N–H and O–H groups in total. The minimum absolute atomic E-state index is 0.249. The lowest BCUT2D eigenvalue weighted by Crippen LogP contribution is -2.40. The van der Waals surface area contributed by atoms with Crippen LogP contribution in [0, 0.1) is 5.92 Å². The number of ether oxygens (including phenoxy) is 1. The van der Waals surface area contributed by atoms with Gasteiger partial charge >= 0.3 is 5.69 Å². The minimum atomic E-state index is -0.308. The van der Waals surface area contributed by atoms with Crippen LogP contribution in [0.2, 0.25) is 0 Å². The summed E-state index contributed by atoms with van der Waals surface area (Å²) in [6.07, 6.45) is 1.71. The van der Waals surface area contributed by atoms with Gasteiger partial charge in [0.05, 0.1) is 6.61 Å². The predicted molar refractivity (Wildman–Crippen MR) is 118 cm³/mol. The summed E-state index contributed by atoms with van der Waals surface area (Å²) in [6, 6.07) is 7.90. The van der Waals surface area contributed by atoms with Gasteiger partial charge in [-0.3, -0.25) is 13.9 Å². The fourth-order valence-corrected chi connectivity index (χ4v) is 4.13. The van der Waals surface area contributed by atoms with Gasteiger partial charge in [0.15, 0.2) is 11.2 Å². The van der Waals surface area contributed by atoms with E-state index < -0.39 is 0 Å². The molecule has 0 fully saturated rings. The zero-order valence-electron chi connectivity index (χ0n) is 18.1. The Morgan fingerprint density at radius 3 is 2.53 bits per heavy atom. The zero-order chi connectivity index (χ0) is 21.4. The van der Waals surface area contributed by atoms with Crippen LogP contribution in [0.25, 0.3) is 11.2 Å². The molecule has 1 atom stereocenters. The van der Waals surface area contributed by atoms with Crippen molar-refractivity contribution in [3.8, 4) is 5.75 Å². The van der Waals surface area contributed by atoms with Crippen molar-refractivity contribution in [1.82, 2.24) is 18.7 Å². The van der Waals surface area contributed by atoms with Gasteiger partial charge in [-0.1, -0.05) is 20.3 Å². The largest absolute Gasteiger partial charge is 0.494 e. The molecule has 4 rings (SSSR count). The smallest absolute Gasteiger partial charge is 0.332 e. The first kappa shape index (κ1) is 20.3. The molecule has 0 unspecified atom stereocenters. The number of unbranched alkanes of at least 4 members (excludes halogenated alkanes) is 1. The highest BCUT2D eigenvalue weighted by atomic mass is 16.5. The molecule has 1 aromatic carbocycles. The number of hydrogen-bond donors (Lipinski definition) is 0. The highest BCUT2D eigenvalue weighted by Crippen LogP contribution is 2.33. The molecule has 0 radical (unpaired) electrons. The number of aryl methyl sites for hydroxylation is 1. The second-order valence-corrected chi connectivity index (χ2v) is 7.99. The van der Waals surface area contributed by atoms with E-state index in [9.17, 15) is 9.59 Å². The van der Waals surface area contributed by atoms with Crippen LogP contribution in [0.15, 0.2) is 33.9 Å². The molecule has 2 aromatic heterocycles. The zero-order valence-corrected chi connectivity index (χ0v) is 18.1. The Balaban J connectivity index is 1.88. The predicted octanol–water partition coefficient (Wildman–Crippen LogP) is 2.88. The van der Waals surface area contributed by atoms with Gasteiger partial charge in [-0.25, -0.2) is 4.79 Å². The first-order valence-corrected chi connectivity index (χ1v) is 10.7. The number of aromatic nitrogens is 4. The van der Waals surface area contributed by atoms with Crippen molar-refractivity contribution < 1.29 is 4.74 Å². The molecule has 0 saturated heterocycles. The molecule has 3 heterocycles. The summed E-state index contributed by atoms with van der Waals surface area (Å²) in [6.45, 7) is 8.69. The monoisotopic (exact) mass is 411 g/mol. The topological polar surface area (TPSA) is 74.3 Å².